The standard InChI is InChI=1S/C18H28N2O.2ClH/c1-14-11-15(2)13-17(12-14)18(16-3-9-21-10-4-16)20-7-5-19-6-8-20;;/h11-13,16,18-19H,3-10H2,1-2H3;2*1H/t18-;;/m0../s1. The molecule has 0 aromatic heterocycles. The van der Waals surface area contributed by atoms with Crippen molar-refractivity contribution in [2.75, 3.05) is 39.4 Å². The molecule has 0 saturated carbocycles. The van der Waals surface area contributed by atoms with Gasteiger partial charge in [-0.05, 0) is 38.2 Å². The van der Waals surface area contributed by atoms with E-state index in [9.17, 15) is 0 Å². The molecule has 0 radical (unpaired) electrons. The Morgan fingerprint density at radius 2 is 1.57 bits per heavy atom. The average molecular weight is 361 g/mol. The van der Waals surface area contributed by atoms with Crippen LogP contribution >= 0.6 is 24.8 Å². The molecule has 5 heteroatoms. The molecule has 132 valence electrons. The minimum absolute atomic E-state index is 0. The maximum Gasteiger partial charge on any atom is 0.0469 e. The number of hydrogen-bond acceptors (Lipinski definition) is 3. The van der Waals surface area contributed by atoms with E-state index < -0.39 is 0 Å². The van der Waals surface area contributed by atoms with Crippen LogP contribution in [0.2, 0.25) is 0 Å². The summed E-state index contributed by atoms with van der Waals surface area (Å²) >= 11 is 0. The van der Waals surface area contributed by atoms with Crippen LogP contribution in [0, 0.1) is 19.8 Å². The van der Waals surface area contributed by atoms with Crippen molar-refractivity contribution in [3.05, 3.63) is 34.9 Å². The smallest absolute Gasteiger partial charge is 0.0469 e. The number of rotatable bonds is 3. The van der Waals surface area contributed by atoms with Crippen LogP contribution in [0.5, 0.6) is 0 Å². The maximum atomic E-state index is 5.59. The third kappa shape index (κ3) is 5.33. The predicted octanol–water partition coefficient (Wildman–Crippen LogP) is 3.52. The highest BCUT2D eigenvalue weighted by molar-refractivity contribution is 5.85. The van der Waals surface area contributed by atoms with E-state index in [2.05, 4.69) is 42.3 Å². The van der Waals surface area contributed by atoms with Crippen LogP contribution in [0.4, 0.5) is 0 Å². The van der Waals surface area contributed by atoms with Gasteiger partial charge < -0.3 is 10.1 Å². The second-order valence-electron chi connectivity index (χ2n) is 6.60. The number of ether oxygens (including phenoxy) is 1. The fraction of sp³-hybridized carbons (Fsp3) is 0.667. The Morgan fingerprint density at radius 3 is 2.13 bits per heavy atom. The summed E-state index contributed by atoms with van der Waals surface area (Å²) < 4.78 is 5.59. The molecule has 0 bridgehead atoms. The summed E-state index contributed by atoms with van der Waals surface area (Å²) in [5, 5.41) is 3.48. The van der Waals surface area contributed by atoms with E-state index in [1.54, 1.807) is 0 Å². The summed E-state index contributed by atoms with van der Waals surface area (Å²) in [6, 6.07) is 7.64. The Balaban J connectivity index is 0.00000132. The molecule has 0 amide bonds. The zero-order chi connectivity index (χ0) is 14.7. The van der Waals surface area contributed by atoms with Crippen molar-refractivity contribution in [3.63, 3.8) is 0 Å². The van der Waals surface area contributed by atoms with Crippen molar-refractivity contribution < 1.29 is 4.74 Å². The highest BCUT2D eigenvalue weighted by Crippen LogP contribution is 2.36. The van der Waals surface area contributed by atoms with E-state index in [4.69, 9.17) is 4.74 Å². The minimum Gasteiger partial charge on any atom is -0.381 e. The molecule has 3 rings (SSSR count). The van der Waals surface area contributed by atoms with Gasteiger partial charge in [-0.25, -0.2) is 0 Å². The second kappa shape index (κ2) is 9.85. The second-order valence-corrected chi connectivity index (χ2v) is 6.60. The predicted molar refractivity (Wildman–Crippen MR) is 101 cm³/mol. The van der Waals surface area contributed by atoms with E-state index in [0.29, 0.717) is 6.04 Å². The monoisotopic (exact) mass is 360 g/mol. The first kappa shape index (κ1) is 20.7. The molecular weight excluding hydrogens is 331 g/mol. The van der Waals surface area contributed by atoms with Gasteiger partial charge in [0.05, 0.1) is 0 Å². The first-order chi connectivity index (χ1) is 10.2. The minimum atomic E-state index is 0. The van der Waals surface area contributed by atoms with Crippen molar-refractivity contribution in [1.82, 2.24) is 10.2 Å². The molecule has 2 aliphatic heterocycles. The average Bonchev–Trinajstić information content (AvgIpc) is 2.49. The maximum absolute atomic E-state index is 5.59. The fourth-order valence-electron chi connectivity index (χ4n) is 3.95. The van der Waals surface area contributed by atoms with Gasteiger partial charge in [0.25, 0.3) is 0 Å². The zero-order valence-electron chi connectivity index (χ0n) is 14.2. The Bertz CT molecular complexity index is 434. The zero-order valence-corrected chi connectivity index (χ0v) is 15.8. The molecule has 0 aliphatic carbocycles. The lowest BCUT2D eigenvalue weighted by Gasteiger charge is -2.41. The van der Waals surface area contributed by atoms with E-state index in [1.807, 2.05) is 0 Å². The molecule has 2 fully saturated rings. The quantitative estimate of drug-likeness (QED) is 0.892. The van der Waals surface area contributed by atoms with Crippen molar-refractivity contribution >= 4 is 24.8 Å². The largest absolute Gasteiger partial charge is 0.381 e. The molecule has 2 heterocycles. The van der Waals surface area contributed by atoms with Gasteiger partial charge in [-0.2, -0.15) is 0 Å². The van der Waals surface area contributed by atoms with Crippen LogP contribution in [0.15, 0.2) is 18.2 Å². The van der Waals surface area contributed by atoms with Crippen molar-refractivity contribution in [1.29, 1.82) is 0 Å². The molecule has 2 saturated heterocycles. The number of benzene rings is 1. The van der Waals surface area contributed by atoms with Gasteiger partial charge in [0.2, 0.25) is 0 Å². The summed E-state index contributed by atoms with van der Waals surface area (Å²) in [6.07, 6.45) is 2.39. The SMILES string of the molecule is Cc1cc(C)cc([C@H](C2CCOCC2)N2CCNCC2)c1.Cl.Cl. The normalized spacial score (nSPS) is 21.1. The van der Waals surface area contributed by atoms with Gasteiger partial charge in [-0.1, -0.05) is 29.3 Å². The van der Waals surface area contributed by atoms with Crippen LogP contribution < -0.4 is 5.32 Å². The molecule has 0 spiro atoms. The van der Waals surface area contributed by atoms with Gasteiger partial charge in [0, 0.05) is 45.4 Å². The topological polar surface area (TPSA) is 24.5 Å². The lowest BCUT2D eigenvalue weighted by Crippen LogP contribution is -2.47. The summed E-state index contributed by atoms with van der Waals surface area (Å²) in [5.41, 5.74) is 4.29. The van der Waals surface area contributed by atoms with E-state index in [1.165, 1.54) is 29.5 Å². The number of nitrogens with one attached hydrogen (secondary N) is 1. The molecule has 23 heavy (non-hydrogen) atoms. The molecule has 1 aromatic rings. The molecule has 2 aliphatic rings. The van der Waals surface area contributed by atoms with Crippen LogP contribution in [-0.2, 0) is 4.74 Å². The Labute approximate surface area is 153 Å². The highest BCUT2D eigenvalue weighted by atomic mass is 35.5. The van der Waals surface area contributed by atoms with E-state index in [0.717, 1.165) is 45.3 Å². The lowest BCUT2D eigenvalue weighted by atomic mass is 9.84. The van der Waals surface area contributed by atoms with Crippen molar-refractivity contribution in [2.45, 2.75) is 32.7 Å². The molecule has 1 atom stereocenters. The van der Waals surface area contributed by atoms with E-state index in [-0.39, 0.29) is 24.8 Å². The number of aryl methyl sites for hydroxylation is 2. The van der Waals surface area contributed by atoms with Gasteiger partial charge in [0.1, 0.15) is 0 Å². The van der Waals surface area contributed by atoms with Crippen LogP contribution in [0.1, 0.15) is 35.6 Å². The van der Waals surface area contributed by atoms with Gasteiger partial charge >= 0.3 is 0 Å². The summed E-state index contributed by atoms with van der Waals surface area (Å²) in [6.45, 7) is 10.8. The molecule has 3 nitrogen and oxygen atoms in total. The molecule has 1 N–H and O–H groups in total. The third-order valence-electron chi connectivity index (χ3n) is 4.84. The first-order valence-corrected chi connectivity index (χ1v) is 8.35. The first-order valence-electron chi connectivity index (χ1n) is 8.35. The number of halogens is 2. The Morgan fingerprint density at radius 1 is 1.00 bits per heavy atom. The van der Waals surface area contributed by atoms with Gasteiger partial charge in [-0.15, -0.1) is 24.8 Å². The molecule has 0 unspecified atom stereocenters. The molecule has 1 aromatic carbocycles. The van der Waals surface area contributed by atoms with Crippen molar-refractivity contribution in [3.8, 4) is 0 Å². The highest BCUT2D eigenvalue weighted by Gasteiger charge is 2.31. The summed E-state index contributed by atoms with van der Waals surface area (Å²) in [4.78, 5) is 2.70. The number of nitrogens with zero attached hydrogens (tertiary/aromatic N) is 1. The van der Waals surface area contributed by atoms with Gasteiger partial charge in [-0.3, -0.25) is 4.90 Å². The van der Waals surface area contributed by atoms with Crippen LogP contribution in [0.25, 0.3) is 0 Å². The van der Waals surface area contributed by atoms with E-state index >= 15 is 0 Å². The summed E-state index contributed by atoms with van der Waals surface area (Å²) in [7, 11) is 0. The fourth-order valence-corrected chi connectivity index (χ4v) is 3.95. The molecular formula is C18H30Cl2N2O. The van der Waals surface area contributed by atoms with Crippen LogP contribution in [0.3, 0.4) is 0 Å². The summed E-state index contributed by atoms with van der Waals surface area (Å²) in [5.74, 6) is 0.734. The number of piperazine rings is 1. The number of hydrogen-bond donors (Lipinski definition) is 1. The van der Waals surface area contributed by atoms with Crippen LogP contribution in [-0.4, -0.2) is 44.3 Å². The Kier molecular flexibility index (Phi) is 8.88. The van der Waals surface area contributed by atoms with Crippen molar-refractivity contribution in [2.24, 2.45) is 5.92 Å². The van der Waals surface area contributed by atoms with Gasteiger partial charge in [0.15, 0.2) is 0 Å². The third-order valence-corrected chi connectivity index (χ3v) is 4.84. The Hall–Kier alpha value is -0.320. The lowest BCUT2D eigenvalue weighted by molar-refractivity contribution is 0.0213.